The second kappa shape index (κ2) is 11.6. The molecule has 2 saturated heterocycles. The number of hydrogen-bond acceptors (Lipinski definition) is 5. The predicted octanol–water partition coefficient (Wildman–Crippen LogP) is 4.11. The summed E-state index contributed by atoms with van der Waals surface area (Å²) in [6.07, 6.45) is 2.81. The lowest BCUT2D eigenvalue weighted by molar-refractivity contribution is -0.135. The number of hydrogen-bond donors (Lipinski definition) is 3. The molecule has 0 unspecified atom stereocenters. The number of para-hydroxylation sites is 1. The van der Waals surface area contributed by atoms with Crippen LogP contribution in [0.15, 0.2) is 60.8 Å². The fourth-order valence-electron chi connectivity index (χ4n) is 5.65. The van der Waals surface area contributed by atoms with Gasteiger partial charge >= 0.3 is 12.1 Å². The number of aromatic nitrogens is 1. The summed E-state index contributed by atoms with van der Waals surface area (Å²) in [6.45, 7) is 6.01. The largest absolute Gasteiger partial charge is 0.444 e. The van der Waals surface area contributed by atoms with Crippen molar-refractivity contribution in [3.8, 4) is 0 Å². The summed E-state index contributed by atoms with van der Waals surface area (Å²) >= 11 is 0. The molecule has 2 aromatic carbocycles. The van der Waals surface area contributed by atoms with Gasteiger partial charge in [0.1, 0.15) is 11.6 Å². The van der Waals surface area contributed by atoms with Gasteiger partial charge in [0.2, 0.25) is 11.8 Å². The lowest BCUT2D eigenvalue weighted by Gasteiger charge is -2.46. The Balaban J connectivity index is 1.32. The number of nitrogens with zero attached hydrogens (tertiary/aromatic N) is 2. The highest BCUT2D eigenvalue weighted by atomic mass is 16.6. The Hall–Kier alpha value is -4.34. The topological polar surface area (TPSA) is 124 Å². The molecule has 1 aromatic heterocycles. The molecule has 3 aromatic rings. The number of amides is 5. The molecule has 10 heteroatoms. The standard InChI is InChI=1S/C31H37N5O5/c1-31(2,3)41-29(39)34-25(16-21-18-32-23-13-8-7-12-22(21)23)28(38)33-24-14-9-15-35-26(24)17-27(37)36(30(35)40)19-20-10-5-4-6-11-20/h4-8,10-13,18,24-26,32H,9,14-17,19H2,1-3H3,(H,33,38)(H,34,39)/t24-,25-,26+/m1/s1. The zero-order valence-corrected chi connectivity index (χ0v) is 23.7. The van der Waals surface area contributed by atoms with E-state index in [2.05, 4.69) is 15.6 Å². The van der Waals surface area contributed by atoms with Gasteiger partial charge in [-0.3, -0.25) is 14.5 Å². The lowest BCUT2D eigenvalue weighted by atomic mass is 9.91. The summed E-state index contributed by atoms with van der Waals surface area (Å²) in [5.41, 5.74) is 1.95. The van der Waals surface area contributed by atoms with Gasteiger partial charge in [0, 0.05) is 42.5 Å². The van der Waals surface area contributed by atoms with Crippen LogP contribution in [0.25, 0.3) is 10.9 Å². The molecule has 216 valence electrons. The maximum absolute atomic E-state index is 13.7. The predicted molar refractivity (Wildman–Crippen MR) is 154 cm³/mol. The van der Waals surface area contributed by atoms with E-state index in [4.69, 9.17) is 4.74 Å². The van der Waals surface area contributed by atoms with Crippen molar-refractivity contribution < 1.29 is 23.9 Å². The van der Waals surface area contributed by atoms with Crippen LogP contribution in [-0.2, 0) is 27.3 Å². The molecule has 3 N–H and O–H groups in total. The zero-order chi connectivity index (χ0) is 29.1. The molecule has 5 rings (SSSR count). The number of alkyl carbamates (subject to hydrolysis) is 1. The fourth-order valence-corrected chi connectivity index (χ4v) is 5.65. The highest BCUT2D eigenvalue weighted by Gasteiger charge is 2.45. The van der Waals surface area contributed by atoms with Crippen molar-refractivity contribution >= 4 is 34.8 Å². The Kier molecular flexibility index (Phi) is 8.01. The van der Waals surface area contributed by atoms with Gasteiger partial charge < -0.3 is 25.3 Å². The SMILES string of the molecule is CC(C)(C)OC(=O)N[C@H](Cc1c[nH]c2ccccc12)C(=O)N[C@@H]1CCCN2C(=O)N(Cc3ccccc3)C(=O)C[C@@H]12. The van der Waals surface area contributed by atoms with Crippen molar-refractivity contribution in [2.75, 3.05) is 6.54 Å². The smallest absolute Gasteiger partial charge is 0.408 e. The number of piperidine rings is 1. The summed E-state index contributed by atoms with van der Waals surface area (Å²) in [5, 5.41) is 6.78. The maximum atomic E-state index is 13.7. The minimum absolute atomic E-state index is 0.121. The van der Waals surface area contributed by atoms with Crippen LogP contribution in [0, 0.1) is 0 Å². The number of carbonyl (C=O) groups is 4. The second-order valence-electron chi connectivity index (χ2n) is 11.7. The molecule has 3 atom stereocenters. The lowest BCUT2D eigenvalue weighted by Crippen LogP contribution is -2.66. The number of aromatic amines is 1. The number of carbonyl (C=O) groups excluding carboxylic acids is 4. The van der Waals surface area contributed by atoms with Gasteiger partial charge in [-0.2, -0.15) is 0 Å². The van der Waals surface area contributed by atoms with Gasteiger partial charge in [-0.25, -0.2) is 9.59 Å². The number of fused-ring (bicyclic) bond motifs is 2. The van der Waals surface area contributed by atoms with Crippen molar-refractivity contribution in [1.82, 2.24) is 25.4 Å². The Morgan fingerprint density at radius 2 is 1.80 bits per heavy atom. The van der Waals surface area contributed by atoms with Gasteiger partial charge in [0.25, 0.3) is 0 Å². The van der Waals surface area contributed by atoms with Crippen LogP contribution in [0.4, 0.5) is 9.59 Å². The zero-order valence-electron chi connectivity index (χ0n) is 23.7. The minimum atomic E-state index is -0.927. The first kappa shape index (κ1) is 28.2. The van der Waals surface area contributed by atoms with Crippen molar-refractivity contribution in [3.05, 3.63) is 71.9 Å². The number of rotatable bonds is 7. The number of benzene rings is 2. The van der Waals surface area contributed by atoms with E-state index < -0.39 is 29.8 Å². The molecule has 0 saturated carbocycles. The molecule has 5 amide bonds. The van der Waals surface area contributed by atoms with Crippen LogP contribution < -0.4 is 10.6 Å². The van der Waals surface area contributed by atoms with Gasteiger partial charge in [-0.15, -0.1) is 0 Å². The Bertz CT molecular complexity index is 1430. The van der Waals surface area contributed by atoms with E-state index in [9.17, 15) is 19.2 Å². The average molecular weight is 560 g/mol. The van der Waals surface area contributed by atoms with E-state index in [1.165, 1.54) is 4.90 Å². The van der Waals surface area contributed by atoms with Gasteiger partial charge in [0.15, 0.2) is 0 Å². The molecule has 0 aliphatic carbocycles. The van der Waals surface area contributed by atoms with E-state index in [1.807, 2.05) is 60.8 Å². The van der Waals surface area contributed by atoms with E-state index in [-0.39, 0.29) is 37.2 Å². The monoisotopic (exact) mass is 559 g/mol. The summed E-state index contributed by atoms with van der Waals surface area (Å²) < 4.78 is 5.45. The molecule has 2 aliphatic heterocycles. The first-order valence-electron chi connectivity index (χ1n) is 14.1. The van der Waals surface area contributed by atoms with Crippen LogP contribution in [0.1, 0.15) is 51.2 Å². The van der Waals surface area contributed by atoms with Crippen molar-refractivity contribution in [1.29, 1.82) is 0 Å². The van der Waals surface area contributed by atoms with Crippen molar-refractivity contribution in [3.63, 3.8) is 0 Å². The molecular formula is C31H37N5O5. The maximum Gasteiger partial charge on any atom is 0.408 e. The van der Waals surface area contributed by atoms with Crippen molar-refractivity contribution in [2.45, 2.75) is 76.7 Å². The van der Waals surface area contributed by atoms with Crippen LogP contribution in [0.3, 0.4) is 0 Å². The van der Waals surface area contributed by atoms with Crippen LogP contribution in [0.2, 0.25) is 0 Å². The van der Waals surface area contributed by atoms with Crippen LogP contribution >= 0.6 is 0 Å². The van der Waals surface area contributed by atoms with Gasteiger partial charge in [-0.05, 0) is 50.8 Å². The summed E-state index contributed by atoms with van der Waals surface area (Å²) in [5.74, 6) is -0.650. The van der Waals surface area contributed by atoms with E-state index in [0.29, 0.717) is 19.4 Å². The molecule has 3 heterocycles. The first-order chi connectivity index (χ1) is 19.6. The normalized spacial score (nSPS) is 20.0. The number of urea groups is 1. The quantitative estimate of drug-likeness (QED) is 0.402. The highest BCUT2D eigenvalue weighted by molar-refractivity contribution is 5.97. The third-order valence-corrected chi connectivity index (χ3v) is 7.56. The number of imide groups is 1. The average Bonchev–Trinajstić information content (AvgIpc) is 3.33. The second-order valence-corrected chi connectivity index (χ2v) is 11.7. The molecule has 41 heavy (non-hydrogen) atoms. The Labute approximate surface area is 239 Å². The Morgan fingerprint density at radius 1 is 1.07 bits per heavy atom. The van der Waals surface area contributed by atoms with Crippen molar-refractivity contribution in [2.24, 2.45) is 0 Å². The summed E-state index contributed by atoms with van der Waals surface area (Å²) in [6, 6.07) is 15.0. The van der Waals surface area contributed by atoms with Crippen LogP contribution in [-0.4, -0.2) is 69.0 Å². The Morgan fingerprint density at radius 3 is 2.56 bits per heavy atom. The number of H-pyrrole nitrogens is 1. The number of ether oxygens (including phenoxy) is 1. The van der Waals surface area contributed by atoms with Gasteiger partial charge in [0.05, 0.1) is 12.6 Å². The first-order valence-corrected chi connectivity index (χ1v) is 14.1. The molecular weight excluding hydrogens is 522 g/mol. The van der Waals surface area contributed by atoms with Crippen LogP contribution in [0.5, 0.6) is 0 Å². The van der Waals surface area contributed by atoms with E-state index >= 15 is 0 Å². The molecule has 2 aliphatic rings. The molecule has 0 bridgehead atoms. The molecule has 2 fully saturated rings. The van der Waals surface area contributed by atoms with E-state index in [0.717, 1.165) is 22.0 Å². The summed E-state index contributed by atoms with van der Waals surface area (Å²) in [4.78, 5) is 59.2. The highest BCUT2D eigenvalue weighted by Crippen LogP contribution is 2.28. The minimum Gasteiger partial charge on any atom is -0.444 e. The molecule has 0 radical (unpaired) electrons. The van der Waals surface area contributed by atoms with Gasteiger partial charge in [-0.1, -0.05) is 48.5 Å². The molecule has 10 nitrogen and oxygen atoms in total. The number of nitrogens with one attached hydrogen (secondary N) is 3. The van der Waals surface area contributed by atoms with E-state index in [1.54, 1.807) is 25.7 Å². The molecule has 0 spiro atoms. The fraction of sp³-hybridized carbons (Fsp3) is 0.419. The third kappa shape index (κ3) is 6.53. The third-order valence-electron chi connectivity index (χ3n) is 7.56. The summed E-state index contributed by atoms with van der Waals surface area (Å²) in [7, 11) is 0.